The van der Waals surface area contributed by atoms with E-state index in [1.165, 1.54) is 41.0 Å². The van der Waals surface area contributed by atoms with E-state index < -0.39 is 0 Å². The number of nitrogens with zero attached hydrogens (tertiary/aromatic N) is 4. The van der Waals surface area contributed by atoms with Gasteiger partial charge in [-0.25, -0.2) is 0 Å². The van der Waals surface area contributed by atoms with Gasteiger partial charge in [0, 0.05) is 18.0 Å². The number of halogens is 1. The lowest BCUT2D eigenvalue weighted by Crippen LogP contribution is -1.93. The first-order chi connectivity index (χ1) is 12.7. The van der Waals surface area contributed by atoms with Crippen molar-refractivity contribution in [3.63, 3.8) is 0 Å². The molecule has 0 spiro atoms. The Balaban J connectivity index is 0.000000157. The molecule has 0 radical (unpaired) electrons. The largest absolute Gasteiger partial charge is 0.281 e. The molecule has 7 heteroatoms. The van der Waals surface area contributed by atoms with E-state index in [1.807, 2.05) is 47.4 Å². The highest BCUT2D eigenvalue weighted by Gasteiger charge is 2.25. The summed E-state index contributed by atoms with van der Waals surface area (Å²) in [4.78, 5) is 12.9. The van der Waals surface area contributed by atoms with E-state index in [2.05, 4.69) is 43.7 Å². The van der Waals surface area contributed by atoms with Gasteiger partial charge in [-0.15, -0.1) is 0 Å². The molecule has 2 aliphatic rings. The molecule has 2 aromatic heterocycles. The molecule has 2 aliphatic carbocycles. The first-order valence-corrected chi connectivity index (χ1v) is 10.6. The number of benzene rings is 1. The van der Waals surface area contributed by atoms with Crippen LogP contribution in [0.15, 0.2) is 60.0 Å². The Bertz CT molecular complexity index is 884. The molecule has 2 heterocycles. The Morgan fingerprint density at radius 3 is 2.15 bits per heavy atom. The number of thioether (sulfide) groups is 1. The fraction of sp³-hybridized carbons (Fsp3) is 0.316. The predicted octanol–water partition coefficient (Wildman–Crippen LogP) is 4.97. The van der Waals surface area contributed by atoms with Crippen molar-refractivity contribution < 1.29 is 4.79 Å². The van der Waals surface area contributed by atoms with Crippen molar-refractivity contribution in [1.82, 2.24) is 19.6 Å². The Morgan fingerprint density at radius 2 is 1.58 bits per heavy atom. The molecule has 2 saturated carbocycles. The monoisotopic (exact) mass is 478 g/mol. The Hall–Kier alpha value is -1.61. The average molecular weight is 478 g/mol. The molecule has 5 rings (SSSR count). The van der Waals surface area contributed by atoms with Crippen LogP contribution in [0, 0.1) is 3.57 Å². The molecule has 0 amide bonds. The summed E-state index contributed by atoms with van der Waals surface area (Å²) in [6, 6.07) is 10.6. The quantitative estimate of drug-likeness (QED) is 0.393. The zero-order valence-corrected chi connectivity index (χ0v) is 17.1. The molecule has 134 valence electrons. The molecule has 0 bridgehead atoms. The minimum Gasteiger partial charge on any atom is -0.281 e. The second-order valence-electron chi connectivity index (χ2n) is 6.51. The second-order valence-corrected chi connectivity index (χ2v) is 8.80. The van der Waals surface area contributed by atoms with Crippen molar-refractivity contribution >= 4 is 39.5 Å². The molecule has 5 nitrogen and oxygen atoms in total. The fourth-order valence-electron chi connectivity index (χ4n) is 2.51. The highest BCUT2D eigenvalue weighted by Crippen LogP contribution is 2.35. The zero-order chi connectivity index (χ0) is 17.9. The van der Waals surface area contributed by atoms with Gasteiger partial charge < -0.3 is 0 Å². The maximum absolute atomic E-state index is 11.9. The van der Waals surface area contributed by atoms with Crippen LogP contribution in [0.2, 0.25) is 0 Å². The standard InChI is InChI=1S/C13H12N2OS.C6H7IN2/c16-13(10-4-2-1-3-5-10)17-12-8-14-15(9-12)11-6-7-11;7-5-3-8-9(4-5)6-1-2-6/h1-5,8-9,11H,6-7H2;3-4,6H,1-2H2. The lowest BCUT2D eigenvalue weighted by molar-refractivity contribution is 0.108. The SMILES string of the molecule is Ic1cnn(C2CC2)c1.O=C(Sc1cnn(C2CC2)c1)c1ccccc1. The van der Waals surface area contributed by atoms with Crippen LogP contribution in [0.5, 0.6) is 0 Å². The van der Waals surface area contributed by atoms with Crippen LogP contribution in [-0.2, 0) is 0 Å². The number of carbonyl (C=O) groups is 1. The van der Waals surface area contributed by atoms with Crippen LogP contribution >= 0.6 is 34.4 Å². The highest BCUT2D eigenvalue weighted by molar-refractivity contribution is 14.1. The number of rotatable bonds is 4. The molecule has 26 heavy (non-hydrogen) atoms. The minimum absolute atomic E-state index is 0.0703. The third-order valence-corrected chi connectivity index (χ3v) is 5.63. The van der Waals surface area contributed by atoms with E-state index in [1.54, 1.807) is 6.20 Å². The van der Waals surface area contributed by atoms with Crippen molar-refractivity contribution in [2.75, 3.05) is 0 Å². The fourth-order valence-corrected chi connectivity index (χ4v) is 3.64. The summed E-state index contributed by atoms with van der Waals surface area (Å²) in [5, 5.41) is 8.53. The first-order valence-electron chi connectivity index (χ1n) is 8.70. The van der Waals surface area contributed by atoms with E-state index in [4.69, 9.17) is 0 Å². The number of hydrogen-bond donors (Lipinski definition) is 0. The summed E-state index contributed by atoms with van der Waals surface area (Å²) in [6.45, 7) is 0. The van der Waals surface area contributed by atoms with Gasteiger partial charge in [-0.1, -0.05) is 30.3 Å². The van der Waals surface area contributed by atoms with Crippen LogP contribution in [0.1, 0.15) is 48.1 Å². The van der Waals surface area contributed by atoms with Crippen molar-refractivity contribution in [3.8, 4) is 0 Å². The van der Waals surface area contributed by atoms with Crippen molar-refractivity contribution in [3.05, 3.63) is 64.3 Å². The van der Waals surface area contributed by atoms with Gasteiger partial charge in [0.05, 0.1) is 32.9 Å². The lowest BCUT2D eigenvalue weighted by Gasteiger charge is -1.97. The van der Waals surface area contributed by atoms with E-state index in [-0.39, 0.29) is 5.12 Å². The van der Waals surface area contributed by atoms with Gasteiger partial charge in [0.2, 0.25) is 5.12 Å². The molecule has 0 saturated heterocycles. The van der Waals surface area contributed by atoms with E-state index >= 15 is 0 Å². The van der Waals surface area contributed by atoms with E-state index in [0.29, 0.717) is 6.04 Å². The lowest BCUT2D eigenvalue weighted by atomic mass is 10.2. The molecule has 3 aromatic rings. The van der Waals surface area contributed by atoms with Crippen molar-refractivity contribution in [2.45, 2.75) is 42.7 Å². The van der Waals surface area contributed by atoms with Gasteiger partial charge in [0.1, 0.15) is 0 Å². The number of aromatic nitrogens is 4. The van der Waals surface area contributed by atoms with E-state index in [9.17, 15) is 4.79 Å². The summed E-state index contributed by atoms with van der Waals surface area (Å²) < 4.78 is 5.25. The van der Waals surface area contributed by atoms with Crippen molar-refractivity contribution in [1.29, 1.82) is 0 Å². The summed E-state index contributed by atoms with van der Waals surface area (Å²) in [5.74, 6) is 0. The zero-order valence-electron chi connectivity index (χ0n) is 14.2. The first kappa shape index (κ1) is 17.8. The van der Waals surface area contributed by atoms with Crippen molar-refractivity contribution in [2.24, 2.45) is 0 Å². The molecular formula is C19H19IN4OS. The third-order valence-electron chi connectivity index (χ3n) is 4.21. The summed E-state index contributed by atoms with van der Waals surface area (Å²) >= 11 is 3.52. The molecule has 0 unspecified atom stereocenters. The van der Waals surface area contributed by atoms with Crippen LogP contribution in [0.25, 0.3) is 0 Å². The van der Waals surface area contributed by atoms with Crippen LogP contribution in [0.4, 0.5) is 0 Å². The maximum Gasteiger partial charge on any atom is 0.224 e. The topological polar surface area (TPSA) is 52.7 Å². The average Bonchev–Trinajstić information content (AvgIpc) is 3.60. The molecule has 0 N–H and O–H groups in total. The summed E-state index contributed by atoms with van der Waals surface area (Å²) in [7, 11) is 0. The molecule has 2 fully saturated rings. The smallest absolute Gasteiger partial charge is 0.224 e. The van der Waals surface area contributed by atoms with Crippen LogP contribution in [0.3, 0.4) is 0 Å². The predicted molar refractivity (Wildman–Crippen MR) is 110 cm³/mol. The second kappa shape index (κ2) is 7.96. The Kier molecular flexibility index (Phi) is 5.44. The Labute approximate surface area is 170 Å². The normalized spacial score (nSPS) is 16.0. The van der Waals surface area contributed by atoms with Gasteiger partial charge in [0.25, 0.3) is 0 Å². The van der Waals surface area contributed by atoms with Gasteiger partial charge in [-0.2, -0.15) is 10.2 Å². The number of carbonyl (C=O) groups excluding carboxylic acids is 1. The third kappa shape index (κ3) is 4.76. The van der Waals surface area contributed by atoms with Crippen LogP contribution in [-0.4, -0.2) is 24.7 Å². The highest BCUT2D eigenvalue weighted by atomic mass is 127. The molecule has 0 atom stereocenters. The maximum atomic E-state index is 11.9. The van der Waals surface area contributed by atoms with Gasteiger partial charge in [0.15, 0.2) is 0 Å². The van der Waals surface area contributed by atoms with Crippen LogP contribution < -0.4 is 0 Å². The number of hydrogen-bond acceptors (Lipinski definition) is 4. The molecular weight excluding hydrogens is 459 g/mol. The van der Waals surface area contributed by atoms with Gasteiger partial charge >= 0.3 is 0 Å². The summed E-state index contributed by atoms with van der Waals surface area (Å²) in [5.41, 5.74) is 0.733. The Morgan fingerprint density at radius 1 is 0.962 bits per heavy atom. The summed E-state index contributed by atoms with van der Waals surface area (Å²) in [6.07, 6.45) is 12.8. The molecule has 1 aromatic carbocycles. The molecule has 0 aliphatic heterocycles. The van der Waals surface area contributed by atoms with Gasteiger partial charge in [-0.3, -0.25) is 14.2 Å². The van der Waals surface area contributed by atoms with Gasteiger partial charge in [-0.05, 0) is 60.0 Å². The minimum atomic E-state index is 0.0703. The van der Waals surface area contributed by atoms with E-state index in [0.717, 1.165) is 16.5 Å².